The second kappa shape index (κ2) is 11.8. The largest absolute Gasteiger partial charge is 0.308 e. The number of para-hydroxylation sites is 3. The summed E-state index contributed by atoms with van der Waals surface area (Å²) in [5.41, 5.74) is 12.6. The zero-order valence-corrected chi connectivity index (χ0v) is 31.3. The van der Waals surface area contributed by atoms with Crippen LogP contribution in [0.4, 0.5) is 0 Å². The molecule has 0 aliphatic rings. The van der Waals surface area contributed by atoms with E-state index in [1.165, 1.54) is 81.9 Å². The molecule has 13 rings (SSSR count). The van der Waals surface area contributed by atoms with Crippen LogP contribution in [0.15, 0.2) is 194 Å². The standard InChI is InChI=1S/C54H32N4/c1-2-12-33(13-3-1)35-22-25-36(26-23-35)53-55-46-19-9-6-17-42(46)54(56-53)58-47-20-10-7-16-40(47)44-32-45-41-29-28-39(38-27-24-34-14-4-5-15-37(34)30-38)31-49(41)57-48-21-11-8-18-43(48)50(51(45)57)52(44)58/h1-32H. The Morgan fingerprint density at radius 1 is 0.328 bits per heavy atom. The lowest BCUT2D eigenvalue weighted by atomic mass is 9.99. The van der Waals surface area contributed by atoms with Gasteiger partial charge in [0.05, 0.1) is 33.1 Å². The van der Waals surface area contributed by atoms with Gasteiger partial charge in [0, 0.05) is 43.3 Å². The number of fused-ring (bicyclic) bond motifs is 12. The molecule has 0 spiro atoms. The van der Waals surface area contributed by atoms with Crippen LogP contribution in [0.3, 0.4) is 0 Å². The molecular weight excluding hydrogens is 705 g/mol. The number of aromatic nitrogens is 4. The van der Waals surface area contributed by atoms with Crippen LogP contribution >= 0.6 is 0 Å². The van der Waals surface area contributed by atoms with E-state index in [9.17, 15) is 0 Å². The van der Waals surface area contributed by atoms with E-state index in [0.717, 1.165) is 33.3 Å². The molecule has 0 saturated heterocycles. The maximum atomic E-state index is 5.50. The predicted octanol–water partition coefficient (Wildman–Crippen LogP) is 14.0. The van der Waals surface area contributed by atoms with E-state index in [0.29, 0.717) is 5.82 Å². The van der Waals surface area contributed by atoms with Gasteiger partial charge in [-0.25, -0.2) is 9.97 Å². The van der Waals surface area contributed by atoms with Gasteiger partial charge >= 0.3 is 0 Å². The smallest absolute Gasteiger partial charge is 0.162 e. The normalized spacial score (nSPS) is 12.1. The van der Waals surface area contributed by atoms with Crippen molar-refractivity contribution in [2.75, 3.05) is 0 Å². The van der Waals surface area contributed by atoms with E-state index in [4.69, 9.17) is 9.97 Å². The Morgan fingerprint density at radius 2 is 0.931 bits per heavy atom. The van der Waals surface area contributed by atoms with Crippen molar-refractivity contribution in [1.29, 1.82) is 0 Å². The topological polar surface area (TPSA) is 35.1 Å². The Hall–Kier alpha value is -7.82. The van der Waals surface area contributed by atoms with E-state index in [-0.39, 0.29) is 0 Å². The maximum Gasteiger partial charge on any atom is 0.162 e. The van der Waals surface area contributed by atoms with Gasteiger partial charge in [0.2, 0.25) is 0 Å². The molecule has 0 amide bonds. The van der Waals surface area contributed by atoms with Crippen LogP contribution in [-0.4, -0.2) is 18.9 Å². The first kappa shape index (κ1) is 31.4. The lowest BCUT2D eigenvalue weighted by Gasteiger charge is -2.13. The molecule has 0 bridgehead atoms. The van der Waals surface area contributed by atoms with Gasteiger partial charge in [-0.05, 0) is 75.5 Å². The van der Waals surface area contributed by atoms with Crippen molar-refractivity contribution in [3.05, 3.63) is 194 Å². The van der Waals surface area contributed by atoms with Crippen LogP contribution in [0.25, 0.3) is 121 Å². The summed E-state index contributed by atoms with van der Waals surface area (Å²) in [6.07, 6.45) is 0. The zero-order valence-electron chi connectivity index (χ0n) is 31.3. The van der Waals surface area contributed by atoms with E-state index >= 15 is 0 Å². The highest BCUT2D eigenvalue weighted by Gasteiger charge is 2.26. The fourth-order valence-corrected chi connectivity index (χ4v) is 9.57. The number of hydrogen-bond acceptors (Lipinski definition) is 2. The van der Waals surface area contributed by atoms with Crippen LogP contribution in [-0.2, 0) is 0 Å². The van der Waals surface area contributed by atoms with Gasteiger partial charge in [-0.1, -0.05) is 152 Å². The highest BCUT2D eigenvalue weighted by molar-refractivity contribution is 6.34. The molecule has 0 aliphatic carbocycles. The molecule has 0 N–H and O–H groups in total. The van der Waals surface area contributed by atoms with Crippen molar-refractivity contribution in [3.63, 3.8) is 0 Å². The highest BCUT2D eigenvalue weighted by atomic mass is 15.1. The van der Waals surface area contributed by atoms with Crippen molar-refractivity contribution in [3.8, 4) is 39.5 Å². The molecule has 0 radical (unpaired) electrons. The average molecular weight is 737 g/mol. The van der Waals surface area contributed by atoms with Crippen LogP contribution < -0.4 is 0 Å². The molecule has 4 heterocycles. The number of benzene rings is 9. The highest BCUT2D eigenvalue weighted by Crippen LogP contribution is 2.47. The molecular formula is C54H32N4. The van der Waals surface area contributed by atoms with Gasteiger partial charge < -0.3 is 4.40 Å². The Bertz CT molecular complexity index is 3780. The molecule has 58 heavy (non-hydrogen) atoms. The third-order valence-electron chi connectivity index (χ3n) is 12.2. The Kier molecular flexibility index (Phi) is 6.41. The molecule has 4 aromatic heterocycles. The summed E-state index contributed by atoms with van der Waals surface area (Å²) in [5, 5.41) is 10.9. The monoisotopic (exact) mass is 736 g/mol. The number of rotatable bonds is 4. The van der Waals surface area contributed by atoms with Gasteiger partial charge in [0.25, 0.3) is 0 Å². The number of hydrogen-bond donors (Lipinski definition) is 0. The summed E-state index contributed by atoms with van der Waals surface area (Å²) in [5.74, 6) is 1.58. The van der Waals surface area contributed by atoms with Gasteiger partial charge in [-0.2, -0.15) is 0 Å². The summed E-state index contributed by atoms with van der Waals surface area (Å²) in [6.45, 7) is 0. The lowest BCUT2D eigenvalue weighted by Crippen LogP contribution is -2.03. The molecule has 268 valence electrons. The summed E-state index contributed by atoms with van der Waals surface area (Å²) < 4.78 is 4.91. The molecule has 13 aromatic rings. The van der Waals surface area contributed by atoms with Gasteiger partial charge in [0.1, 0.15) is 5.82 Å². The fraction of sp³-hybridized carbons (Fsp3) is 0. The quantitative estimate of drug-likeness (QED) is 0.180. The summed E-state index contributed by atoms with van der Waals surface area (Å²) in [4.78, 5) is 10.7. The van der Waals surface area contributed by atoms with Crippen molar-refractivity contribution in [2.24, 2.45) is 0 Å². The zero-order chi connectivity index (χ0) is 37.9. The first-order chi connectivity index (χ1) is 28.8. The Morgan fingerprint density at radius 3 is 1.79 bits per heavy atom. The molecule has 9 aromatic carbocycles. The van der Waals surface area contributed by atoms with Crippen LogP contribution in [0.1, 0.15) is 0 Å². The minimum absolute atomic E-state index is 0.701. The average Bonchev–Trinajstić information content (AvgIpc) is 3.93. The molecule has 0 atom stereocenters. The van der Waals surface area contributed by atoms with Crippen molar-refractivity contribution >= 4 is 81.6 Å². The van der Waals surface area contributed by atoms with E-state index in [1.54, 1.807) is 0 Å². The molecule has 0 aliphatic heterocycles. The minimum Gasteiger partial charge on any atom is -0.308 e. The first-order valence-corrected chi connectivity index (χ1v) is 19.8. The first-order valence-electron chi connectivity index (χ1n) is 19.8. The van der Waals surface area contributed by atoms with Gasteiger partial charge in [-0.3, -0.25) is 4.57 Å². The van der Waals surface area contributed by atoms with Gasteiger partial charge in [-0.15, -0.1) is 0 Å². The fourth-order valence-electron chi connectivity index (χ4n) is 9.57. The maximum absolute atomic E-state index is 5.50. The minimum atomic E-state index is 0.701. The van der Waals surface area contributed by atoms with E-state index in [2.05, 4.69) is 203 Å². The molecule has 0 fully saturated rings. The van der Waals surface area contributed by atoms with Gasteiger partial charge in [0.15, 0.2) is 5.82 Å². The third kappa shape index (κ3) is 4.40. The second-order valence-electron chi connectivity index (χ2n) is 15.4. The molecule has 0 unspecified atom stereocenters. The number of nitrogens with zero attached hydrogens (tertiary/aromatic N) is 4. The molecule has 0 saturated carbocycles. The van der Waals surface area contributed by atoms with Crippen LogP contribution in [0.5, 0.6) is 0 Å². The Balaban J connectivity index is 1.12. The van der Waals surface area contributed by atoms with Crippen molar-refractivity contribution in [1.82, 2.24) is 18.9 Å². The molecule has 4 nitrogen and oxygen atoms in total. The summed E-state index contributed by atoms with van der Waals surface area (Å²) in [6, 6.07) is 70.0. The summed E-state index contributed by atoms with van der Waals surface area (Å²) in [7, 11) is 0. The predicted molar refractivity (Wildman–Crippen MR) is 242 cm³/mol. The van der Waals surface area contributed by atoms with Crippen LogP contribution in [0, 0.1) is 0 Å². The SMILES string of the molecule is c1ccc(-c2ccc(-c3nc(-n4c5ccccc5c5cc6c7ccc(-c8ccc9ccccc9c8)cc7n7c8ccccc8c(c54)c67)c4ccccc4n3)cc2)cc1. The second-order valence-corrected chi connectivity index (χ2v) is 15.4. The van der Waals surface area contributed by atoms with E-state index < -0.39 is 0 Å². The van der Waals surface area contributed by atoms with Crippen molar-refractivity contribution < 1.29 is 0 Å². The van der Waals surface area contributed by atoms with Crippen molar-refractivity contribution in [2.45, 2.75) is 0 Å². The molecule has 4 heteroatoms. The van der Waals surface area contributed by atoms with E-state index in [1.807, 2.05) is 0 Å². The Labute approximate surface area is 332 Å². The lowest BCUT2D eigenvalue weighted by molar-refractivity contribution is 1.08. The van der Waals surface area contributed by atoms with Crippen LogP contribution in [0.2, 0.25) is 0 Å². The summed E-state index contributed by atoms with van der Waals surface area (Å²) >= 11 is 0. The third-order valence-corrected chi connectivity index (χ3v) is 12.2.